The van der Waals surface area contributed by atoms with Gasteiger partial charge in [0.2, 0.25) is 0 Å². The van der Waals surface area contributed by atoms with Crippen molar-refractivity contribution in [3.63, 3.8) is 0 Å². The van der Waals surface area contributed by atoms with Crippen LogP contribution >= 0.6 is 0 Å². The summed E-state index contributed by atoms with van der Waals surface area (Å²) in [7, 11) is 1.63. The Morgan fingerprint density at radius 1 is 1.22 bits per heavy atom. The van der Waals surface area contributed by atoms with Crippen LogP contribution in [0.15, 0.2) is 35.1 Å². The summed E-state index contributed by atoms with van der Waals surface area (Å²) in [6, 6.07) is 9.12. The van der Waals surface area contributed by atoms with Gasteiger partial charge in [0.25, 0.3) is 5.56 Å². The van der Waals surface area contributed by atoms with E-state index in [1.54, 1.807) is 14.0 Å². The first-order valence-corrected chi connectivity index (χ1v) is 5.57. The number of aryl methyl sites for hydroxylation is 1. The molecular weight excluding hydrogens is 228 g/mol. The molecule has 0 atom stereocenters. The lowest BCUT2D eigenvalue weighted by Crippen LogP contribution is -2.08. The van der Waals surface area contributed by atoms with Crippen LogP contribution in [0.3, 0.4) is 0 Å². The van der Waals surface area contributed by atoms with Gasteiger partial charge in [-0.05, 0) is 30.7 Å². The molecule has 1 aromatic heterocycles. The van der Waals surface area contributed by atoms with E-state index >= 15 is 0 Å². The second-order valence-electron chi connectivity index (χ2n) is 3.86. The molecule has 0 saturated heterocycles. The molecule has 0 spiro atoms. The average Bonchev–Trinajstić information content (AvgIpc) is 2.36. The van der Waals surface area contributed by atoms with Gasteiger partial charge in [0, 0.05) is 6.07 Å². The minimum absolute atomic E-state index is 0.142. The third kappa shape index (κ3) is 3.07. The topological polar surface area (TPSA) is 55.0 Å². The smallest absolute Gasteiger partial charge is 0.251 e. The average molecular weight is 242 g/mol. The molecule has 4 nitrogen and oxygen atoms in total. The van der Waals surface area contributed by atoms with Crippen molar-refractivity contribution in [1.29, 1.82) is 0 Å². The van der Waals surface area contributed by atoms with E-state index in [9.17, 15) is 4.79 Å². The van der Waals surface area contributed by atoms with E-state index in [0.29, 0.717) is 11.5 Å². The standard InChI is InChI=1S/C14H14N2O2/c1-10-15-12(9-14(17)16-10)6-3-11-4-7-13(18-2)8-5-11/h3-9H,1-2H3,(H,15,16,17)/b6-3+. The van der Waals surface area contributed by atoms with Crippen molar-refractivity contribution < 1.29 is 4.74 Å². The number of rotatable bonds is 3. The van der Waals surface area contributed by atoms with E-state index < -0.39 is 0 Å². The molecule has 1 N–H and O–H groups in total. The molecule has 0 aliphatic rings. The van der Waals surface area contributed by atoms with Crippen LogP contribution in [0.1, 0.15) is 17.1 Å². The zero-order valence-corrected chi connectivity index (χ0v) is 10.3. The molecule has 0 amide bonds. The highest BCUT2D eigenvalue weighted by atomic mass is 16.5. The highest BCUT2D eigenvalue weighted by Crippen LogP contribution is 2.13. The number of aromatic amines is 1. The van der Waals surface area contributed by atoms with Crippen molar-refractivity contribution in [3.8, 4) is 5.75 Å². The maximum Gasteiger partial charge on any atom is 0.251 e. The normalized spacial score (nSPS) is 10.8. The molecule has 0 bridgehead atoms. The van der Waals surface area contributed by atoms with Crippen molar-refractivity contribution in [2.75, 3.05) is 7.11 Å². The molecule has 0 unspecified atom stereocenters. The summed E-state index contributed by atoms with van der Waals surface area (Å²) in [4.78, 5) is 18.1. The Morgan fingerprint density at radius 3 is 2.56 bits per heavy atom. The van der Waals surface area contributed by atoms with Gasteiger partial charge in [0.1, 0.15) is 11.6 Å². The molecule has 2 rings (SSSR count). The molecule has 1 aromatic carbocycles. The first-order chi connectivity index (χ1) is 8.67. The van der Waals surface area contributed by atoms with Gasteiger partial charge in [-0.15, -0.1) is 0 Å². The Labute approximate surface area is 105 Å². The summed E-state index contributed by atoms with van der Waals surface area (Å²) in [5.74, 6) is 1.43. The number of ether oxygens (including phenoxy) is 1. The van der Waals surface area contributed by atoms with E-state index in [-0.39, 0.29) is 5.56 Å². The lowest BCUT2D eigenvalue weighted by atomic mass is 10.2. The van der Waals surface area contributed by atoms with Crippen LogP contribution in [-0.2, 0) is 0 Å². The van der Waals surface area contributed by atoms with Crippen LogP contribution in [0, 0.1) is 6.92 Å². The summed E-state index contributed by atoms with van der Waals surface area (Å²) >= 11 is 0. The molecular formula is C14H14N2O2. The quantitative estimate of drug-likeness (QED) is 0.898. The van der Waals surface area contributed by atoms with Crippen LogP contribution in [0.5, 0.6) is 5.75 Å². The zero-order valence-electron chi connectivity index (χ0n) is 10.3. The second-order valence-corrected chi connectivity index (χ2v) is 3.86. The minimum Gasteiger partial charge on any atom is -0.497 e. The lowest BCUT2D eigenvalue weighted by molar-refractivity contribution is 0.415. The van der Waals surface area contributed by atoms with Gasteiger partial charge < -0.3 is 9.72 Å². The molecule has 0 radical (unpaired) electrons. The fraction of sp³-hybridized carbons (Fsp3) is 0.143. The third-order valence-corrected chi connectivity index (χ3v) is 2.44. The van der Waals surface area contributed by atoms with Crippen LogP contribution in [0.2, 0.25) is 0 Å². The maximum absolute atomic E-state index is 11.3. The summed E-state index contributed by atoms with van der Waals surface area (Å²) in [5.41, 5.74) is 1.53. The SMILES string of the molecule is COc1ccc(/C=C/c2cc(=O)[nH]c(C)n2)cc1. The van der Waals surface area contributed by atoms with Crippen LogP contribution < -0.4 is 10.3 Å². The third-order valence-electron chi connectivity index (χ3n) is 2.44. The fourth-order valence-corrected chi connectivity index (χ4v) is 1.58. The first-order valence-electron chi connectivity index (χ1n) is 5.57. The number of hydrogen-bond acceptors (Lipinski definition) is 3. The summed E-state index contributed by atoms with van der Waals surface area (Å²) in [5, 5.41) is 0. The van der Waals surface area contributed by atoms with Crippen molar-refractivity contribution in [2.24, 2.45) is 0 Å². The Morgan fingerprint density at radius 2 is 1.94 bits per heavy atom. The summed E-state index contributed by atoms with van der Waals surface area (Å²) < 4.78 is 5.08. The molecule has 18 heavy (non-hydrogen) atoms. The molecule has 0 aliphatic carbocycles. The minimum atomic E-state index is -0.142. The van der Waals surface area contributed by atoms with Gasteiger partial charge in [-0.3, -0.25) is 4.79 Å². The van der Waals surface area contributed by atoms with Crippen LogP contribution in [0.25, 0.3) is 12.2 Å². The van der Waals surface area contributed by atoms with E-state index in [1.165, 1.54) is 6.07 Å². The number of hydrogen-bond donors (Lipinski definition) is 1. The Bertz CT molecular complexity index is 612. The van der Waals surface area contributed by atoms with E-state index in [4.69, 9.17) is 4.74 Å². The molecule has 0 aliphatic heterocycles. The van der Waals surface area contributed by atoms with Gasteiger partial charge >= 0.3 is 0 Å². The van der Waals surface area contributed by atoms with Crippen LogP contribution in [-0.4, -0.2) is 17.1 Å². The fourth-order valence-electron chi connectivity index (χ4n) is 1.58. The predicted octanol–water partition coefficient (Wildman–Crippen LogP) is 2.26. The molecule has 2 aromatic rings. The molecule has 4 heteroatoms. The highest BCUT2D eigenvalue weighted by Gasteiger charge is 1.94. The largest absolute Gasteiger partial charge is 0.497 e. The number of aromatic nitrogens is 2. The number of methoxy groups -OCH3 is 1. The van der Waals surface area contributed by atoms with Crippen LogP contribution in [0.4, 0.5) is 0 Å². The summed E-state index contributed by atoms with van der Waals surface area (Å²) in [6.45, 7) is 1.76. The van der Waals surface area contributed by atoms with Gasteiger partial charge in [0.15, 0.2) is 0 Å². The molecule has 92 valence electrons. The van der Waals surface area contributed by atoms with Gasteiger partial charge in [-0.25, -0.2) is 4.98 Å². The van der Waals surface area contributed by atoms with Crippen molar-refractivity contribution in [3.05, 3.63) is 57.8 Å². The molecule has 1 heterocycles. The summed E-state index contributed by atoms with van der Waals surface area (Å²) in [6.07, 6.45) is 3.71. The van der Waals surface area contributed by atoms with E-state index in [2.05, 4.69) is 9.97 Å². The monoisotopic (exact) mass is 242 g/mol. The number of benzene rings is 1. The molecule has 0 fully saturated rings. The number of nitrogens with zero attached hydrogens (tertiary/aromatic N) is 1. The van der Waals surface area contributed by atoms with E-state index in [0.717, 1.165) is 11.3 Å². The number of H-pyrrole nitrogens is 1. The predicted molar refractivity (Wildman–Crippen MR) is 71.5 cm³/mol. The highest BCUT2D eigenvalue weighted by molar-refractivity contribution is 5.68. The Balaban J connectivity index is 2.21. The molecule has 0 saturated carbocycles. The van der Waals surface area contributed by atoms with Crippen molar-refractivity contribution in [1.82, 2.24) is 9.97 Å². The Hall–Kier alpha value is -2.36. The van der Waals surface area contributed by atoms with Gasteiger partial charge in [0.05, 0.1) is 12.8 Å². The Kier molecular flexibility index (Phi) is 3.57. The maximum atomic E-state index is 11.3. The lowest BCUT2D eigenvalue weighted by Gasteiger charge is -1.99. The second kappa shape index (κ2) is 5.31. The first kappa shape index (κ1) is 12.1. The zero-order chi connectivity index (χ0) is 13.0. The number of nitrogens with one attached hydrogen (secondary N) is 1. The van der Waals surface area contributed by atoms with Crippen molar-refractivity contribution >= 4 is 12.2 Å². The van der Waals surface area contributed by atoms with Gasteiger partial charge in [-0.1, -0.05) is 18.2 Å². The van der Waals surface area contributed by atoms with E-state index in [1.807, 2.05) is 36.4 Å². The van der Waals surface area contributed by atoms with Crippen molar-refractivity contribution in [2.45, 2.75) is 6.92 Å². The van der Waals surface area contributed by atoms with Gasteiger partial charge in [-0.2, -0.15) is 0 Å².